The molecule has 0 saturated heterocycles. The van der Waals surface area contributed by atoms with E-state index in [2.05, 4.69) is 17.6 Å². The van der Waals surface area contributed by atoms with Gasteiger partial charge in [0, 0.05) is 12.6 Å². The summed E-state index contributed by atoms with van der Waals surface area (Å²) < 4.78 is 5.29. The molecule has 1 aliphatic rings. The lowest BCUT2D eigenvalue weighted by molar-refractivity contribution is 0.0470. The SMILES string of the molecule is CC1CCCC1NCC(C)(C)NC(=O)OC(C)(C)C. The molecule has 0 aromatic carbocycles. The van der Waals surface area contributed by atoms with Gasteiger partial charge in [0.15, 0.2) is 0 Å². The molecular formula is C15H30N2O2. The van der Waals surface area contributed by atoms with Gasteiger partial charge in [-0.3, -0.25) is 0 Å². The Bertz CT molecular complexity index is 308. The summed E-state index contributed by atoms with van der Waals surface area (Å²) in [6.45, 7) is 12.7. The standard InChI is InChI=1S/C15H30N2O2/c1-11-8-7-9-12(11)16-10-15(5,6)17-13(18)19-14(2,3)4/h11-12,16H,7-10H2,1-6H3,(H,17,18). The Labute approximate surface area is 117 Å². The van der Waals surface area contributed by atoms with Crippen molar-refractivity contribution in [3.63, 3.8) is 0 Å². The molecule has 1 amide bonds. The average Bonchev–Trinajstić information content (AvgIpc) is 2.57. The van der Waals surface area contributed by atoms with Crippen LogP contribution in [0.5, 0.6) is 0 Å². The van der Waals surface area contributed by atoms with Crippen LogP contribution in [-0.2, 0) is 4.74 Å². The number of ether oxygens (including phenoxy) is 1. The summed E-state index contributed by atoms with van der Waals surface area (Å²) >= 11 is 0. The van der Waals surface area contributed by atoms with Gasteiger partial charge in [0.2, 0.25) is 0 Å². The minimum Gasteiger partial charge on any atom is -0.444 e. The molecule has 1 saturated carbocycles. The minimum atomic E-state index is -0.451. The molecule has 1 rings (SSSR count). The quantitative estimate of drug-likeness (QED) is 0.825. The number of hydrogen-bond donors (Lipinski definition) is 2. The smallest absolute Gasteiger partial charge is 0.408 e. The van der Waals surface area contributed by atoms with Crippen LogP contribution < -0.4 is 10.6 Å². The van der Waals surface area contributed by atoms with Crippen LogP contribution in [0.1, 0.15) is 60.8 Å². The minimum absolute atomic E-state index is 0.301. The third kappa shape index (κ3) is 6.28. The Morgan fingerprint density at radius 3 is 2.32 bits per heavy atom. The second-order valence-corrected chi connectivity index (χ2v) is 7.41. The predicted octanol–water partition coefficient (Wildman–Crippen LogP) is 3.07. The lowest BCUT2D eigenvalue weighted by Gasteiger charge is -2.30. The molecule has 0 radical (unpaired) electrons. The van der Waals surface area contributed by atoms with Crippen LogP contribution in [-0.4, -0.2) is 29.8 Å². The first-order valence-corrected chi connectivity index (χ1v) is 7.34. The molecule has 19 heavy (non-hydrogen) atoms. The topological polar surface area (TPSA) is 50.4 Å². The van der Waals surface area contributed by atoms with E-state index in [1.807, 2.05) is 34.6 Å². The third-order valence-corrected chi connectivity index (χ3v) is 3.51. The van der Waals surface area contributed by atoms with Crippen molar-refractivity contribution < 1.29 is 9.53 Å². The van der Waals surface area contributed by atoms with Crippen molar-refractivity contribution in [1.29, 1.82) is 0 Å². The van der Waals surface area contributed by atoms with Gasteiger partial charge in [-0.15, -0.1) is 0 Å². The number of carbonyl (C=O) groups excluding carboxylic acids is 1. The maximum Gasteiger partial charge on any atom is 0.408 e. The molecule has 0 aliphatic heterocycles. The molecule has 1 fully saturated rings. The predicted molar refractivity (Wildman–Crippen MR) is 78.3 cm³/mol. The van der Waals surface area contributed by atoms with Gasteiger partial charge in [-0.2, -0.15) is 0 Å². The fraction of sp³-hybridized carbons (Fsp3) is 0.933. The van der Waals surface area contributed by atoms with Crippen molar-refractivity contribution in [3.8, 4) is 0 Å². The first kappa shape index (κ1) is 16.3. The van der Waals surface area contributed by atoms with Crippen LogP contribution in [0.3, 0.4) is 0 Å². The van der Waals surface area contributed by atoms with Gasteiger partial charge in [0.1, 0.15) is 5.60 Å². The van der Waals surface area contributed by atoms with Gasteiger partial charge in [-0.25, -0.2) is 4.79 Å². The van der Waals surface area contributed by atoms with Crippen LogP contribution in [0.2, 0.25) is 0 Å². The Hall–Kier alpha value is -0.770. The summed E-state index contributed by atoms with van der Waals surface area (Å²) in [6.07, 6.45) is 3.50. The molecule has 2 N–H and O–H groups in total. The molecular weight excluding hydrogens is 240 g/mol. The zero-order valence-electron chi connectivity index (χ0n) is 13.3. The van der Waals surface area contributed by atoms with E-state index in [0.717, 1.165) is 12.5 Å². The molecule has 2 atom stereocenters. The maximum absolute atomic E-state index is 11.8. The zero-order chi connectivity index (χ0) is 14.7. The van der Waals surface area contributed by atoms with E-state index >= 15 is 0 Å². The molecule has 2 unspecified atom stereocenters. The summed E-state index contributed by atoms with van der Waals surface area (Å²) in [7, 11) is 0. The van der Waals surface area contributed by atoms with Crippen LogP contribution in [0.15, 0.2) is 0 Å². The summed E-state index contributed by atoms with van der Waals surface area (Å²) in [4.78, 5) is 11.8. The Balaban J connectivity index is 2.36. The molecule has 0 heterocycles. The van der Waals surface area contributed by atoms with Crippen LogP contribution in [0, 0.1) is 5.92 Å². The molecule has 1 aliphatic carbocycles. The summed E-state index contributed by atoms with van der Waals surface area (Å²) in [6, 6.07) is 0.583. The van der Waals surface area contributed by atoms with E-state index in [1.165, 1.54) is 19.3 Å². The molecule has 0 aromatic rings. The van der Waals surface area contributed by atoms with Gasteiger partial charge in [-0.05, 0) is 53.4 Å². The normalized spacial score (nSPS) is 24.3. The second-order valence-electron chi connectivity index (χ2n) is 7.41. The summed E-state index contributed by atoms with van der Waals surface area (Å²) in [5.41, 5.74) is -0.752. The fourth-order valence-electron chi connectivity index (χ4n) is 2.46. The molecule has 112 valence electrons. The lowest BCUT2D eigenvalue weighted by Crippen LogP contribution is -2.53. The Kier molecular flexibility index (Phi) is 5.25. The van der Waals surface area contributed by atoms with Crippen LogP contribution in [0.4, 0.5) is 4.79 Å². The third-order valence-electron chi connectivity index (χ3n) is 3.51. The van der Waals surface area contributed by atoms with Crippen LogP contribution in [0.25, 0.3) is 0 Å². The zero-order valence-corrected chi connectivity index (χ0v) is 13.3. The Morgan fingerprint density at radius 2 is 1.84 bits per heavy atom. The summed E-state index contributed by atoms with van der Waals surface area (Å²) in [5, 5.41) is 6.50. The fourth-order valence-corrected chi connectivity index (χ4v) is 2.46. The van der Waals surface area contributed by atoms with E-state index < -0.39 is 5.60 Å². The van der Waals surface area contributed by atoms with Crippen molar-refractivity contribution in [2.75, 3.05) is 6.54 Å². The number of alkyl carbamates (subject to hydrolysis) is 1. The molecule has 4 heteroatoms. The highest BCUT2D eigenvalue weighted by molar-refractivity contribution is 5.68. The molecule has 4 nitrogen and oxygen atoms in total. The first-order chi connectivity index (χ1) is 8.59. The van der Waals surface area contributed by atoms with Crippen LogP contribution >= 0.6 is 0 Å². The van der Waals surface area contributed by atoms with E-state index in [1.54, 1.807) is 0 Å². The highest BCUT2D eigenvalue weighted by Crippen LogP contribution is 2.25. The van der Waals surface area contributed by atoms with Crippen molar-refractivity contribution in [3.05, 3.63) is 0 Å². The molecule has 0 bridgehead atoms. The number of hydrogen-bond acceptors (Lipinski definition) is 3. The van der Waals surface area contributed by atoms with Crippen molar-refractivity contribution in [2.45, 2.75) is 78.0 Å². The summed E-state index contributed by atoms with van der Waals surface area (Å²) in [5.74, 6) is 0.734. The highest BCUT2D eigenvalue weighted by atomic mass is 16.6. The van der Waals surface area contributed by atoms with Gasteiger partial charge >= 0.3 is 6.09 Å². The number of nitrogens with one attached hydrogen (secondary N) is 2. The van der Waals surface area contributed by atoms with Gasteiger partial charge in [0.05, 0.1) is 5.54 Å². The van der Waals surface area contributed by atoms with Crippen molar-refractivity contribution in [2.24, 2.45) is 5.92 Å². The number of carbonyl (C=O) groups is 1. The van der Waals surface area contributed by atoms with Gasteiger partial charge < -0.3 is 15.4 Å². The average molecular weight is 270 g/mol. The Morgan fingerprint density at radius 1 is 1.21 bits per heavy atom. The monoisotopic (exact) mass is 270 g/mol. The first-order valence-electron chi connectivity index (χ1n) is 7.34. The number of amides is 1. The largest absolute Gasteiger partial charge is 0.444 e. The van der Waals surface area contributed by atoms with Crippen molar-refractivity contribution >= 4 is 6.09 Å². The molecule has 0 spiro atoms. The van der Waals surface area contributed by atoms with E-state index in [-0.39, 0.29) is 11.6 Å². The second kappa shape index (κ2) is 6.12. The number of rotatable bonds is 4. The van der Waals surface area contributed by atoms with E-state index in [4.69, 9.17) is 4.74 Å². The van der Waals surface area contributed by atoms with Gasteiger partial charge in [-0.1, -0.05) is 13.3 Å². The van der Waals surface area contributed by atoms with Crippen molar-refractivity contribution in [1.82, 2.24) is 10.6 Å². The maximum atomic E-state index is 11.8. The lowest BCUT2D eigenvalue weighted by atomic mass is 10.0. The molecule has 0 aromatic heterocycles. The highest BCUT2D eigenvalue weighted by Gasteiger charge is 2.28. The van der Waals surface area contributed by atoms with E-state index in [0.29, 0.717) is 6.04 Å². The van der Waals surface area contributed by atoms with Gasteiger partial charge in [0.25, 0.3) is 0 Å². The van der Waals surface area contributed by atoms with E-state index in [9.17, 15) is 4.79 Å².